The van der Waals surface area contributed by atoms with E-state index in [2.05, 4.69) is 16.6 Å². The zero-order chi connectivity index (χ0) is 25.5. The van der Waals surface area contributed by atoms with Crippen molar-refractivity contribution in [2.45, 2.75) is 45.6 Å². The summed E-state index contributed by atoms with van der Waals surface area (Å²) >= 11 is 0. The fourth-order valence-electron chi connectivity index (χ4n) is 4.04. The van der Waals surface area contributed by atoms with Crippen LogP contribution in [0.2, 0.25) is 0 Å². The Labute approximate surface area is 207 Å². The quantitative estimate of drug-likeness (QED) is 0.201. The second-order valence-electron chi connectivity index (χ2n) is 8.57. The van der Waals surface area contributed by atoms with Crippen molar-refractivity contribution < 1.29 is 27.0 Å². The zero-order valence-electron chi connectivity index (χ0n) is 19.9. The lowest BCUT2D eigenvalue weighted by molar-refractivity contribution is -0.0522. The smallest absolute Gasteiger partial charge is 0.387 e. The average molecular weight is 498 g/mol. The Bertz CT molecular complexity index is 1310. The molecule has 0 unspecified atom stereocenters. The molecule has 0 fully saturated rings. The molecule has 7 heteroatoms. The van der Waals surface area contributed by atoms with Gasteiger partial charge >= 0.3 is 6.61 Å². The molecule has 0 amide bonds. The predicted molar refractivity (Wildman–Crippen MR) is 132 cm³/mol. The predicted octanol–water partition coefficient (Wildman–Crippen LogP) is 7.47. The third-order valence-corrected chi connectivity index (χ3v) is 5.93. The molecule has 0 aliphatic rings. The highest BCUT2D eigenvalue weighted by Crippen LogP contribution is 2.26. The van der Waals surface area contributed by atoms with Crippen LogP contribution in [0.25, 0.3) is 10.8 Å². The first-order valence-corrected chi connectivity index (χ1v) is 11.9. The minimum absolute atomic E-state index is 0.304. The van der Waals surface area contributed by atoms with Gasteiger partial charge in [-0.25, -0.2) is 8.78 Å². The van der Waals surface area contributed by atoms with Crippen molar-refractivity contribution in [3.8, 4) is 11.5 Å². The molecule has 4 aromatic rings. The van der Waals surface area contributed by atoms with Crippen LogP contribution in [0.3, 0.4) is 0 Å². The molecule has 0 radical (unpaired) electrons. The Hall–Kier alpha value is -3.61. The number of benzene rings is 3. The summed E-state index contributed by atoms with van der Waals surface area (Å²) in [6, 6.07) is 17.0. The van der Waals surface area contributed by atoms with Crippen LogP contribution in [0.15, 0.2) is 66.9 Å². The summed E-state index contributed by atoms with van der Waals surface area (Å²) < 4.78 is 63.4. The van der Waals surface area contributed by atoms with Crippen molar-refractivity contribution in [2.75, 3.05) is 6.61 Å². The minimum Gasteiger partial charge on any atom is -0.492 e. The van der Waals surface area contributed by atoms with E-state index in [-0.39, 0.29) is 5.82 Å². The van der Waals surface area contributed by atoms with Gasteiger partial charge in [0.1, 0.15) is 11.6 Å². The molecule has 188 valence electrons. The van der Waals surface area contributed by atoms with Crippen LogP contribution in [-0.2, 0) is 25.7 Å². The fraction of sp³-hybridized carbons (Fsp3) is 0.276. The van der Waals surface area contributed by atoms with Crippen molar-refractivity contribution in [1.29, 1.82) is 0 Å². The number of alkyl halides is 2. The molecule has 3 aromatic carbocycles. The van der Waals surface area contributed by atoms with Crippen molar-refractivity contribution in [1.82, 2.24) is 4.98 Å². The molecule has 0 N–H and O–H groups in total. The molecule has 0 saturated heterocycles. The monoisotopic (exact) mass is 497 g/mol. The maximum atomic E-state index is 15.2. The number of ether oxygens (including phenoxy) is 2. The molecule has 0 aliphatic carbocycles. The summed E-state index contributed by atoms with van der Waals surface area (Å²) in [5.74, 6) is -0.910. The lowest BCUT2D eigenvalue weighted by Gasteiger charge is -2.10. The van der Waals surface area contributed by atoms with E-state index in [9.17, 15) is 13.2 Å². The Kier molecular flexibility index (Phi) is 8.41. The number of hydrogen-bond donors (Lipinski definition) is 0. The summed E-state index contributed by atoms with van der Waals surface area (Å²) in [5, 5.41) is 1.34. The third kappa shape index (κ3) is 6.53. The Balaban J connectivity index is 1.39. The van der Waals surface area contributed by atoms with Crippen LogP contribution in [0, 0.1) is 11.6 Å². The summed E-state index contributed by atoms with van der Waals surface area (Å²) in [6.07, 6.45) is 4.93. The molecule has 36 heavy (non-hydrogen) atoms. The van der Waals surface area contributed by atoms with Gasteiger partial charge in [0.15, 0.2) is 11.6 Å². The Morgan fingerprint density at radius 3 is 2.33 bits per heavy atom. The van der Waals surface area contributed by atoms with Gasteiger partial charge in [0.05, 0.1) is 12.8 Å². The third-order valence-electron chi connectivity index (χ3n) is 5.93. The summed E-state index contributed by atoms with van der Waals surface area (Å²) in [5.41, 5.74) is 3.13. The molecule has 0 atom stereocenters. The van der Waals surface area contributed by atoms with Gasteiger partial charge in [-0.05, 0) is 78.4 Å². The molecule has 3 nitrogen and oxygen atoms in total. The van der Waals surface area contributed by atoms with Crippen LogP contribution in [-0.4, -0.2) is 18.2 Å². The van der Waals surface area contributed by atoms with Gasteiger partial charge < -0.3 is 9.47 Å². The summed E-state index contributed by atoms with van der Waals surface area (Å²) in [6.45, 7) is -0.370. The largest absolute Gasteiger partial charge is 0.492 e. The van der Waals surface area contributed by atoms with E-state index in [1.807, 2.05) is 30.3 Å². The van der Waals surface area contributed by atoms with Crippen LogP contribution in [0.5, 0.6) is 11.5 Å². The molecule has 1 aromatic heterocycles. The van der Waals surface area contributed by atoms with Gasteiger partial charge in [0.2, 0.25) is 0 Å². The van der Waals surface area contributed by atoms with Gasteiger partial charge in [0.25, 0.3) is 0 Å². The van der Waals surface area contributed by atoms with Gasteiger partial charge in [-0.1, -0.05) is 43.3 Å². The van der Waals surface area contributed by atoms with Crippen LogP contribution in [0.4, 0.5) is 17.6 Å². The maximum Gasteiger partial charge on any atom is 0.387 e. The SMILES string of the molecule is CCCOc1ccc(CCc2ccc3c(F)c(CCc4ccc(OC(F)F)c(F)c4)ccc3c2)nc1. The first-order chi connectivity index (χ1) is 17.4. The van der Waals surface area contributed by atoms with Crippen LogP contribution in [0.1, 0.15) is 35.7 Å². The highest BCUT2D eigenvalue weighted by Gasteiger charge is 2.12. The number of halogens is 4. The first-order valence-electron chi connectivity index (χ1n) is 11.9. The summed E-state index contributed by atoms with van der Waals surface area (Å²) in [7, 11) is 0. The molecular formula is C29H27F4NO2. The highest BCUT2D eigenvalue weighted by molar-refractivity contribution is 5.84. The number of aryl methyl sites for hydroxylation is 4. The Morgan fingerprint density at radius 2 is 1.61 bits per heavy atom. The molecular weight excluding hydrogens is 470 g/mol. The number of hydrogen-bond acceptors (Lipinski definition) is 3. The lowest BCUT2D eigenvalue weighted by atomic mass is 9.98. The van der Waals surface area contributed by atoms with E-state index < -0.39 is 18.2 Å². The van der Waals surface area contributed by atoms with Gasteiger partial charge in [-0.3, -0.25) is 4.98 Å². The topological polar surface area (TPSA) is 31.4 Å². The number of nitrogens with zero attached hydrogens (tertiary/aromatic N) is 1. The van der Waals surface area contributed by atoms with Crippen molar-refractivity contribution in [3.63, 3.8) is 0 Å². The zero-order valence-corrected chi connectivity index (χ0v) is 19.9. The van der Waals surface area contributed by atoms with E-state index >= 15 is 4.39 Å². The van der Waals surface area contributed by atoms with Crippen LogP contribution < -0.4 is 9.47 Å². The Morgan fingerprint density at radius 1 is 0.833 bits per heavy atom. The van der Waals surface area contributed by atoms with E-state index in [1.165, 1.54) is 12.1 Å². The number of pyridine rings is 1. The molecule has 1 heterocycles. The summed E-state index contributed by atoms with van der Waals surface area (Å²) in [4.78, 5) is 4.45. The molecule has 0 aliphatic heterocycles. The maximum absolute atomic E-state index is 15.2. The number of fused-ring (bicyclic) bond motifs is 1. The van der Waals surface area contributed by atoms with Crippen molar-refractivity contribution in [2.24, 2.45) is 0 Å². The minimum atomic E-state index is -3.09. The standard InChI is InChI=1S/C29H27F4NO2/c1-2-15-35-24-12-11-23(34-18-24)10-4-19-5-13-25-22(16-19)9-8-21(28(25)31)7-3-20-6-14-27(26(30)17-20)36-29(32)33/h5-6,8-9,11-14,16-18,29H,2-4,7,10,15H2,1H3. The average Bonchev–Trinajstić information content (AvgIpc) is 2.87. The molecule has 4 rings (SSSR count). The fourth-order valence-corrected chi connectivity index (χ4v) is 4.04. The van der Waals surface area contributed by atoms with Gasteiger partial charge in [-0.2, -0.15) is 8.78 Å². The molecule has 0 spiro atoms. The number of rotatable bonds is 11. The van der Waals surface area contributed by atoms with Gasteiger partial charge in [-0.15, -0.1) is 0 Å². The highest BCUT2D eigenvalue weighted by atomic mass is 19.3. The second kappa shape index (κ2) is 11.9. The van der Waals surface area contributed by atoms with E-state index in [0.717, 1.165) is 47.7 Å². The van der Waals surface area contributed by atoms with E-state index in [1.54, 1.807) is 18.3 Å². The van der Waals surface area contributed by atoms with Gasteiger partial charge in [0, 0.05) is 11.1 Å². The molecule has 0 saturated carbocycles. The molecule has 0 bridgehead atoms. The number of aromatic nitrogens is 1. The second-order valence-corrected chi connectivity index (χ2v) is 8.57. The van der Waals surface area contributed by atoms with Crippen molar-refractivity contribution >= 4 is 10.8 Å². The van der Waals surface area contributed by atoms with E-state index in [0.29, 0.717) is 36.0 Å². The normalized spacial score (nSPS) is 11.3. The lowest BCUT2D eigenvalue weighted by Crippen LogP contribution is -2.04. The van der Waals surface area contributed by atoms with E-state index in [4.69, 9.17) is 4.74 Å². The van der Waals surface area contributed by atoms with Crippen molar-refractivity contribution in [3.05, 3.63) is 101 Å². The first kappa shape index (κ1) is 25.5. The van der Waals surface area contributed by atoms with Crippen LogP contribution >= 0.6 is 0 Å².